The summed E-state index contributed by atoms with van der Waals surface area (Å²) in [7, 11) is 0. The number of ether oxygens (including phenoxy) is 1. The van der Waals surface area contributed by atoms with E-state index in [1.807, 2.05) is 0 Å². The maximum atomic E-state index is 11.5. The molecule has 1 amide bonds. The summed E-state index contributed by atoms with van der Waals surface area (Å²) in [6, 6.07) is 6.95. The Balaban J connectivity index is 2.23. The molecule has 0 heterocycles. The maximum Gasteiger partial charge on any atom is 0.267 e. The van der Waals surface area contributed by atoms with Crippen molar-refractivity contribution in [2.75, 3.05) is 19.8 Å². The quantitative estimate of drug-likeness (QED) is 0.328. The predicted molar refractivity (Wildman–Crippen MR) is 80.6 cm³/mol. The molecule has 0 aliphatic rings. The lowest BCUT2D eigenvalue weighted by molar-refractivity contribution is -0.129. The molecule has 0 aromatic heterocycles. The normalized spacial score (nSPS) is 11.0. The first-order valence-corrected chi connectivity index (χ1v) is 6.84. The number of aldehydes is 1. The maximum absolute atomic E-state index is 11.5. The van der Waals surface area contributed by atoms with Gasteiger partial charge in [-0.3, -0.25) is 14.4 Å². The summed E-state index contributed by atoms with van der Waals surface area (Å²) in [5.74, 6) is 0.111. The molecular weight excluding hydrogens is 270 g/mol. The predicted octanol–water partition coefficient (Wildman–Crippen LogP) is 2.23. The van der Waals surface area contributed by atoms with Crippen LogP contribution in [0, 0.1) is 5.92 Å². The number of hydrogen-bond acceptors (Lipinski definition) is 4. The zero-order valence-corrected chi connectivity index (χ0v) is 12.4. The van der Waals surface area contributed by atoms with E-state index < -0.39 is 0 Å². The van der Waals surface area contributed by atoms with Crippen molar-refractivity contribution in [3.05, 3.63) is 41.5 Å². The molecule has 0 saturated heterocycles. The van der Waals surface area contributed by atoms with E-state index in [-0.39, 0.29) is 5.91 Å². The zero-order valence-electron chi connectivity index (χ0n) is 12.4. The second kappa shape index (κ2) is 9.85. The molecule has 114 valence electrons. The summed E-state index contributed by atoms with van der Waals surface area (Å²) in [6.07, 6.45) is 3.72. The van der Waals surface area contributed by atoms with Crippen LogP contribution in [0.15, 0.2) is 30.3 Å². The average Bonchev–Trinajstić information content (AvgIpc) is 2.48. The molecule has 1 aromatic carbocycles. The Bertz CT molecular complexity index is 483. The van der Waals surface area contributed by atoms with E-state index in [0.717, 1.165) is 11.8 Å². The monoisotopic (exact) mass is 291 g/mol. The molecule has 0 unspecified atom stereocenters. The van der Waals surface area contributed by atoms with E-state index in [9.17, 15) is 9.59 Å². The second-order valence-electron chi connectivity index (χ2n) is 4.90. The summed E-state index contributed by atoms with van der Waals surface area (Å²) in [4.78, 5) is 27.1. The van der Waals surface area contributed by atoms with Crippen LogP contribution in [0.2, 0.25) is 0 Å². The molecular formula is C16H21NO4. The smallest absolute Gasteiger partial charge is 0.267 e. The van der Waals surface area contributed by atoms with Crippen LogP contribution in [0.5, 0.6) is 0 Å². The average molecular weight is 291 g/mol. The van der Waals surface area contributed by atoms with Gasteiger partial charge in [0.15, 0.2) is 0 Å². The van der Waals surface area contributed by atoms with Crippen LogP contribution in [-0.4, -0.2) is 32.0 Å². The highest BCUT2D eigenvalue weighted by Gasteiger charge is 1.97. The lowest BCUT2D eigenvalue weighted by Crippen LogP contribution is -2.23. The van der Waals surface area contributed by atoms with Gasteiger partial charge in [0, 0.05) is 18.2 Å². The highest BCUT2D eigenvalue weighted by Crippen LogP contribution is 2.05. The van der Waals surface area contributed by atoms with Crippen molar-refractivity contribution in [3.8, 4) is 0 Å². The van der Waals surface area contributed by atoms with Crippen molar-refractivity contribution in [1.29, 1.82) is 0 Å². The molecule has 0 aliphatic heterocycles. The first kappa shape index (κ1) is 17.1. The SMILES string of the molecule is CC(C)COCCONC(=O)/C=C/c1cccc(C=O)c1. The van der Waals surface area contributed by atoms with Gasteiger partial charge in [-0.05, 0) is 23.6 Å². The molecule has 21 heavy (non-hydrogen) atoms. The van der Waals surface area contributed by atoms with Crippen LogP contribution in [-0.2, 0) is 14.4 Å². The molecule has 1 aromatic rings. The molecule has 0 radical (unpaired) electrons. The van der Waals surface area contributed by atoms with E-state index >= 15 is 0 Å². The highest BCUT2D eigenvalue weighted by molar-refractivity contribution is 5.91. The highest BCUT2D eigenvalue weighted by atomic mass is 16.7. The fourth-order valence-electron chi connectivity index (χ4n) is 1.48. The van der Waals surface area contributed by atoms with Crippen LogP contribution in [0.25, 0.3) is 6.08 Å². The minimum atomic E-state index is -0.365. The van der Waals surface area contributed by atoms with E-state index in [4.69, 9.17) is 9.57 Å². The summed E-state index contributed by atoms with van der Waals surface area (Å²) in [5, 5.41) is 0. The number of hydroxylamine groups is 1. The number of benzene rings is 1. The second-order valence-corrected chi connectivity index (χ2v) is 4.90. The Morgan fingerprint density at radius 1 is 1.29 bits per heavy atom. The van der Waals surface area contributed by atoms with E-state index in [2.05, 4.69) is 19.3 Å². The van der Waals surface area contributed by atoms with E-state index in [1.54, 1.807) is 30.3 Å². The minimum absolute atomic E-state index is 0.299. The lowest BCUT2D eigenvalue weighted by atomic mass is 10.1. The van der Waals surface area contributed by atoms with Gasteiger partial charge in [0.05, 0.1) is 13.2 Å². The number of nitrogens with one attached hydrogen (secondary N) is 1. The van der Waals surface area contributed by atoms with Crippen LogP contribution < -0.4 is 5.48 Å². The molecule has 0 aliphatic carbocycles. The fraction of sp³-hybridized carbons (Fsp3) is 0.375. The first-order chi connectivity index (χ1) is 10.1. The number of amides is 1. The van der Waals surface area contributed by atoms with E-state index in [0.29, 0.717) is 31.3 Å². The minimum Gasteiger partial charge on any atom is -0.379 e. The van der Waals surface area contributed by atoms with Crippen LogP contribution >= 0.6 is 0 Å². The van der Waals surface area contributed by atoms with Crippen molar-refractivity contribution in [3.63, 3.8) is 0 Å². The van der Waals surface area contributed by atoms with Crippen LogP contribution in [0.3, 0.4) is 0 Å². The van der Waals surface area contributed by atoms with Gasteiger partial charge in [0.1, 0.15) is 6.29 Å². The Morgan fingerprint density at radius 2 is 2.05 bits per heavy atom. The zero-order chi connectivity index (χ0) is 15.5. The third-order valence-electron chi connectivity index (χ3n) is 2.43. The number of rotatable bonds is 9. The number of carbonyl (C=O) groups is 2. The van der Waals surface area contributed by atoms with Gasteiger partial charge in [-0.25, -0.2) is 5.48 Å². The fourth-order valence-corrected chi connectivity index (χ4v) is 1.48. The first-order valence-electron chi connectivity index (χ1n) is 6.84. The van der Waals surface area contributed by atoms with E-state index in [1.165, 1.54) is 6.08 Å². The lowest BCUT2D eigenvalue weighted by Gasteiger charge is -2.07. The van der Waals surface area contributed by atoms with Gasteiger partial charge in [0.25, 0.3) is 5.91 Å². The summed E-state index contributed by atoms with van der Waals surface area (Å²) in [6.45, 7) is 5.53. The van der Waals surface area contributed by atoms with Crippen LogP contribution in [0.4, 0.5) is 0 Å². The number of carbonyl (C=O) groups excluding carboxylic acids is 2. The molecule has 1 rings (SSSR count). The van der Waals surface area contributed by atoms with Gasteiger partial charge in [-0.1, -0.05) is 32.0 Å². The molecule has 1 N–H and O–H groups in total. The Labute approximate surface area is 124 Å². The molecule has 0 bridgehead atoms. The topological polar surface area (TPSA) is 64.6 Å². The molecule has 0 saturated carbocycles. The molecule has 5 nitrogen and oxygen atoms in total. The Morgan fingerprint density at radius 3 is 2.76 bits per heavy atom. The van der Waals surface area contributed by atoms with Crippen molar-refractivity contribution in [2.24, 2.45) is 5.92 Å². The summed E-state index contributed by atoms with van der Waals surface area (Å²) >= 11 is 0. The van der Waals surface area contributed by atoms with Gasteiger partial charge in [-0.15, -0.1) is 0 Å². The standard InChI is InChI=1S/C16H21NO4/c1-13(2)12-20-8-9-21-17-16(19)7-6-14-4-3-5-15(10-14)11-18/h3-7,10-11,13H,8-9,12H2,1-2H3,(H,17,19)/b7-6+. The van der Waals surface area contributed by atoms with Gasteiger partial charge < -0.3 is 4.74 Å². The van der Waals surface area contributed by atoms with Crippen molar-refractivity contribution >= 4 is 18.3 Å². The summed E-state index contributed by atoms with van der Waals surface area (Å²) in [5.41, 5.74) is 3.63. The molecule has 0 spiro atoms. The Hall–Kier alpha value is -1.98. The number of hydrogen-bond donors (Lipinski definition) is 1. The third-order valence-corrected chi connectivity index (χ3v) is 2.43. The molecule has 0 atom stereocenters. The van der Waals surface area contributed by atoms with Crippen LogP contribution in [0.1, 0.15) is 29.8 Å². The molecule has 0 fully saturated rings. The van der Waals surface area contributed by atoms with Crippen molar-refractivity contribution in [1.82, 2.24) is 5.48 Å². The van der Waals surface area contributed by atoms with Gasteiger partial charge >= 0.3 is 0 Å². The molecule has 5 heteroatoms. The van der Waals surface area contributed by atoms with Gasteiger partial charge in [-0.2, -0.15) is 0 Å². The van der Waals surface area contributed by atoms with Crippen molar-refractivity contribution < 1.29 is 19.2 Å². The van der Waals surface area contributed by atoms with Gasteiger partial charge in [0.2, 0.25) is 0 Å². The Kier molecular flexibility index (Phi) is 8.01. The third kappa shape index (κ3) is 8.02. The largest absolute Gasteiger partial charge is 0.379 e. The summed E-state index contributed by atoms with van der Waals surface area (Å²) < 4.78 is 5.30. The van der Waals surface area contributed by atoms with Crippen molar-refractivity contribution in [2.45, 2.75) is 13.8 Å².